The van der Waals surface area contributed by atoms with E-state index in [1.54, 1.807) is 17.0 Å². The molecule has 0 unspecified atom stereocenters. The molecule has 2 aromatic carbocycles. The molecule has 10 heteroatoms. The molecule has 1 saturated heterocycles. The first-order valence-corrected chi connectivity index (χ1v) is 9.80. The monoisotopic (exact) mass is 447 g/mol. The fraction of sp³-hybridized carbons (Fsp3) is 0.200. The van der Waals surface area contributed by atoms with Gasteiger partial charge in [0.1, 0.15) is 11.1 Å². The zero-order chi connectivity index (χ0) is 21.4. The summed E-state index contributed by atoms with van der Waals surface area (Å²) in [5.41, 5.74) is 0.0184. The van der Waals surface area contributed by atoms with Gasteiger partial charge < -0.3 is 14.2 Å². The summed E-state index contributed by atoms with van der Waals surface area (Å²) in [6.45, 7) is 1.89. The summed E-state index contributed by atoms with van der Waals surface area (Å²) < 4.78 is 5.19. The van der Waals surface area contributed by atoms with Gasteiger partial charge in [-0.2, -0.15) is 0 Å². The highest BCUT2D eigenvalue weighted by Crippen LogP contribution is 2.28. The molecule has 1 aromatic heterocycles. The number of benzene rings is 2. The summed E-state index contributed by atoms with van der Waals surface area (Å²) in [4.78, 5) is 39.3. The Balaban J connectivity index is 1.54. The van der Waals surface area contributed by atoms with Crippen molar-refractivity contribution in [2.24, 2.45) is 0 Å². The number of nitro groups is 1. The average Bonchev–Trinajstić information content (AvgIpc) is 2.74. The van der Waals surface area contributed by atoms with Crippen molar-refractivity contribution in [3.8, 4) is 0 Å². The molecule has 0 saturated carbocycles. The third kappa shape index (κ3) is 3.83. The maximum atomic E-state index is 12.9. The quantitative estimate of drug-likeness (QED) is 0.342. The highest BCUT2D eigenvalue weighted by Gasteiger charge is 2.25. The first-order chi connectivity index (χ1) is 14.3. The Morgan fingerprint density at radius 3 is 2.40 bits per heavy atom. The molecule has 4 rings (SSSR count). The van der Waals surface area contributed by atoms with Crippen LogP contribution < -0.4 is 10.5 Å². The molecule has 0 N–H and O–H groups in total. The lowest BCUT2D eigenvalue weighted by atomic mass is 10.1. The van der Waals surface area contributed by atoms with E-state index in [0.29, 0.717) is 41.6 Å². The van der Waals surface area contributed by atoms with E-state index < -0.39 is 16.5 Å². The Kier molecular flexibility index (Phi) is 5.36. The number of rotatable bonds is 3. The molecule has 0 radical (unpaired) electrons. The van der Waals surface area contributed by atoms with Gasteiger partial charge in [-0.25, -0.2) is 4.79 Å². The maximum Gasteiger partial charge on any atom is 0.349 e. The minimum absolute atomic E-state index is 0.147. The van der Waals surface area contributed by atoms with Crippen LogP contribution in [0, 0.1) is 10.1 Å². The number of halogens is 2. The number of anilines is 1. The predicted molar refractivity (Wildman–Crippen MR) is 114 cm³/mol. The predicted octanol–water partition coefficient (Wildman–Crippen LogP) is 3.97. The third-order valence-corrected chi connectivity index (χ3v) is 5.73. The Morgan fingerprint density at radius 1 is 1.00 bits per heavy atom. The van der Waals surface area contributed by atoms with Crippen LogP contribution in [0.1, 0.15) is 10.4 Å². The van der Waals surface area contributed by atoms with Crippen LogP contribution in [0.2, 0.25) is 10.0 Å². The van der Waals surface area contributed by atoms with Crippen LogP contribution in [0.15, 0.2) is 51.7 Å². The lowest BCUT2D eigenvalue weighted by Crippen LogP contribution is -2.49. The number of carbonyl (C=O) groups is 1. The van der Waals surface area contributed by atoms with Crippen molar-refractivity contribution < 1.29 is 14.1 Å². The van der Waals surface area contributed by atoms with Crippen LogP contribution in [0.5, 0.6) is 0 Å². The first-order valence-electron chi connectivity index (χ1n) is 9.05. The number of nitrogens with zero attached hydrogens (tertiary/aromatic N) is 3. The van der Waals surface area contributed by atoms with E-state index in [4.69, 9.17) is 27.6 Å². The summed E-state index contributed by atoms with van der Waals surface area (Å²) in [5, 5.41) is 12.2. The van der Waals surface area contributed by atoms with Crippen molar-refractivity contribution in [3.63, 3.8) is 0 Å². The molecule has 1 aliphatic rings. The van der Waals surface area contributed by atoms with Crippen molar-refractivity contribution in [1.82, 2.24) is 4.90 Å². The lowest BCUT2D eigenvalue weighted by Gasteiger charge is -2.36. The van der Waals surface area contributed by atoms with Gasteiger partial charge in [0.2, 0.25) is 0 Å². The summed E-state index contributed by atoms with van der Waals surface area (Å²) in [6, 6.07) is 10.6. The summed E-state index contributed by atoms with van der Waals surface area (Å²) in [5.74, 6) is -0.467. The molecule has 30 heavy (non-hydrogen) atoms. The van der Waals surface area contributed by atoms with Crippen molar-refractivity contribution >= 4 is 51.5 Å². The Bertz CT molecular complexity index is 1220. The van der Waals surface area contributed by atoms with E-state index in [0.717, 1.165) is 5.69 Å². The molecular weight excluding hydrogens is 433 g/mol. The molecule has 1 fully saturated rings. The van der Waals surface area contributed by atoms with Crippen LogP contribution in [-0.4, -0.2) is 41.9 Å². The highest BCUT2D eigenvalue weighted by molar-refractivity contribution is 6.42. The van der Waals surface area contributed by atoms with Crippen LogP contribution >= 0.6 is 23.2 Å². The zero-order valence-corrected chi connectivity index (χ0v) is 17.0. The standard InChI is InChI=1S/C20H15Cl2N3O5/c21-16-3-1-13(11-17(16)22)23-5-7-24(8-6-23)19(26)15-10-12-9-14(25(28)29)2-4-18(12)30-20(15)27/h1-4,9-11H,5-8H2. The number of non-ortho nitro benzene ring substituents is 1. The highest BCUT2D eigenvalue weighted by atomic mass is 35.5. The summed E-state index contributed by atoms with van der Waals surface area (Å²) >= 11 is 12.0. The van der Waals surface area contributed by atoms with E-state index in [1.807, 2.05) is 6.07 Å². The molecule has 1 aliphatic heterocycles. The van der Waals surface area contributed by atoms with E-state index in [9.17, 15) is 19.7 Å². The van der Waals surface area contributed by atoms with Gasteiger partial charge in [0.25, 0.3) is 11.6 Å². The van der Waals surface area contributed by atoms with Gasteiger partial charge in [0.05, 0.1) is 15.0 Å². The number of nitro benzene ring substituents is 1. The van der Waals surface area contributed by atoms with Gasteiger partial charge in [-0.1, -0.05) is 23.2 Å². The number of hydrogen-bond acceptors (Lipinski definition) is 6. The van der Waals surface area contributed by atoms with Crippen LogP contribution in [0.25, 0.3) is 11.0 Å². The number of piperazine rings is 1. The Hall–Kier alpha value is -3.10. The van der Waals surface area contributed by atoms with E-state index in [1.165, 1.54) is 24.3 Å². The molecular formula is C20H15Cl2N3O5. The molecule has 0 bridgehead atoms. The Morgan fingerprint density at radius 2 is 1.73 bits per heavy atom. The minimum Gasteiger partial charge on any atom is -0.422 e. The normalized spacial score (nSPS) is 14.2. The fourth-order valence-corrected chi connectivity index (χ4v) is 3.69. The SMILES string of the molecule is O=C(c1cc2cc([N+](=O)[O-])ccc2oc1=O)N1CCN(c2ccc(Cl)c(Cl)c2)CC1. The van der Waals surface area contributed by atoms with Crippen LogP contribution in [0.3, 0.4) is 0 Å². The zero-order valence-electron chi connectivity index (χ0n) is 15.5. The van der Waals surface area contributed by atoms with Gasteiger partial charge in [-0.3, -0.25) is 14.9 Å². The van der Waals surface area contributed by atoms with Crippen LogP contribution in [0.4, 0.5) is 11.4 Å². The fourth-order valence-electron chi connectivity index (χ4n) is 3.39. The molecule has 2 heterocycles. The number of fused-ring (bicyclic) bond motifs is 1. The molecule has 3 aromatic rings. The second kappa shape index (κ2) is 7.97. The summed E-state index contributed by atoms with van der Waals surface area (Å²) in [6.07, 6.45) is 0. The number of carbonyl (C=O) groups excluding carboxylic acids is 1. The molecule has 0 spiro atoms. The number of amides is 1. The molecule has 0 aliphatic carbocycles. The van der Waals surface area contributed by atoms with Crippen molar-refractivity contribution in [2.45, 2.75) is 0 Å². The van der Waals surface area contributed by atoms with Crippen molar-refractivity contribution in [2.75, 3.05) is 31.1 Å². The molecule has 154 valence electrons. The van der Waals surface area contributed by atoms with E-state index >= 15 is 0 Å². The maximum absolute atomic E-state index is 12.9. The average molecular weight is 448 g/mol. The van der Waals surface area contributed by atoms with Crippen molar-refractivity contribution in [1.29, 1.82) is 0 Å². The van der Waals surface area contributed by atoms with E-state index in [2.05, 4.69) is 4.90 Å². The minimum atomic E-state index is -0.770. The lowest BCUT2D eigenvalue weighted by molar-refractivity contribution is -0.384. The molecule has 8 nitrogen and oxygen atoms in total. The topological polar surface area (TPSA) is 96.9 Å². The largest absolute Gasteiger partial charge is 0.422 e. The van der Waals surface area contributed by atoms with Gasteiger partial charge in [-0.15, -0.1) is 0 Å². The third-order valence-electron chi connectivity index (χ3n) is 4.99. The van der Waals surface area contributed by atoms with E-state index in [-0.39, 0.29) is 16.8 Å². The van der Waals surface area contributed by atoms with Gasteiger partial charge >= 0.3 is 5.63 Å². The second-order valence-electron chi connectivity index (χ2n) is 6.80. The second-order valence-corrected chi connectivity index (χ2v) is 7.62. The van der Waals surface area contributed by atoms with Gasteiger partial charge in [0, 0.05) is 49.4 Å². The van der Waals surface area contributed by atoms with Crippen molar-refractivity contribution in [3.05, 3.63) is 78.6 Å². The molecule has 1 amide bonds. The summed E-state index contributed by atoms with van der Waals surface area (Å²) in [7, 11) is 0. The smallest absolute Gasteiger partial charge is 0.349 e. The van der Waals surface area contributed by atoms with Gasteiger partial charge in [0.15, 0.2) is 0 Å². The first kappa shape index (κ1) is 20.2. The Labute approximate surface area is 180 Å². The number of hydrogen-bond donors (Lipinski definition) is 0. The molecule has 0 atom stereocenters. The van der Waals surface area contributed by atoms with Gasteiger partial charge in [-0.05, 0) is 30.3 Å². The van der Waals surface area contributed by atoms with Crippen LogP contribution in [-0.2, 0) is 0 Å².